The molecule has 114 valence electrons. The minimum absolute atomic E-state index is 0.593. The second kappa shape index (κ2) is 6.71. The van der Waals surface area contributed by atoms with Crippen molar-refractivity contribution in [1.29, 1.82) is 0 Å². The van der Waals surface area contributed by atoms with Gasteiger partial charge in [0.15, 0.2) is 5.16 Å². The molecule has 1 aliphatic rings. The van der Waals surface area contributed by atoms with Crippen LogP contribution in [-0.2, 0) is 0 Å². The number of hydrogen-bond acceptors (Lipinski definition) is 4. The number of benzene rings is 1. The highest BCUT2D eigenvalue weighted by atomic mass is 32.2. The standard InChI is InChI=1S/C16H23N3OS/c1-3-20-11-8-9-12-14(10-11)19-16(18-12)21-15-7-5-4-6-13(15)17-2/h8-10,13,15,17H,3-7H2,1-2H3,(H,18,19). The number of H-pyrrole nitrogens is 1. The van der Waals surface area contributed by atoms with Gasteiger partial charge < -0.3 is 15.0 Å². The van der Waals surface area contributed by atoms with Crippen LogP contribution < -0.4 is 10.1 Å². The van der Waals surface area contributed by atoms with Crippen LogP contribution in [0.15, 0.2) is 23.4 Å². The van der Waals surface area contributed by atoms with E-state index in [9.17, 15) is 0 Å². The Kier molecular flexibility index (Phi) is 4.70. The van der Waals surface area contributed by atoms with E-state index in [2.05, 4.69) is 17.3 Å². The summed E-state index contributed by atoms with van der Waals surface area (Å²) in [6.07, 6.45) is 5.19. The average molecular weight is 305 g/mol. The van der Waals surface area contributed by atoms with E-state index in [0.29, 0.717) is 17.9 Å². The van der Waals surface area contributed by atoms with Crippen molar-refractivity contribution in [3.63, 3.8) is 0 Å². The fourth-order valence-electron chi connectivity index (χ4n) is 2.99. The van der Waals surface area contributed by atoms with Crippen molar-refractivity contribution in [3.8, 4) is 5.75 Å². The lowest BCUT2D eigenvalue weighted by molar-refractivity contribution is 0.340. The highest BCUT2D eigenvalue weighted by Gasteiger charge is 2.25. The number of aromatic nitrogens is 2. The van der Waals surface area contributed by atoms with Crippen LogP contribution in [-0.4, -0.2) is 34.9 Å². The zero-order chi connectivity index (χ0) is 14.7. The van der Waals surface area contributed by atoms with Gasteiger partial charge in [-0.3, -0.25) is 0 Å². The van der Waals surface area contributed by atoms with Gasteiger partial charge in [-0.05, 0) is 38.9 Å². The minimum atomic E-state index is 0.593. The van der Waals surface area contributed by atoms with Crippen LogP contribution in [0.4, 0.5) is 0 Å². The first kappa shape index (κ1) is 14.7. The Balaban J connectivity index is 1.77. The van der Waals surface area contributed by atoms with Crippen LogP contribution in [0.1, 0.15) is 32.6 Å². The van der Waals surface area contributed by atoms with Crippen molar-refractivity contribution >= 4 is 22.8 Å². The lowest BCUT2D eigenvalue weighted by Crippen LogP contribution is -2.38. The third-order valence-corrected chi connectivity index (χ3v) is 5.36. The van der Waals surface area contributed by atoms with E-state index in [-0.39, 0.29) is 0 Å². The van der Waals surface area contributed by atoms with Crippen molar-refractivity contribution in [2.75, 3.05) is 13.7 Å². The molecular formula is C16H23N3OS. The van der Waals surface area contributed by atoms with Crippen molar-refractivity contribution in [3.05, 3.63) is 18.2 Å². The maximum atomic E-state index is 5.54. The number of fused-ring (bicyclic) bond motifs is 1. The number of nitrogens with zero attached hydrogens (tertiary/aromatic N) is 1. The van der Waals surface area contributed by atoms with E-state index in [0.717, 1.165) is 21.9 Å². The predicted molar refractivity (Wildman–Crippen MR) is 88.2 cm³/mol. The van der Waals surface area contributed by atoms with Gasteiger partial charge in [-0.1, -0.05) is 24.6 Å². The fourth-order valence-corrected chi connectivity index (χ4v) is 4.32. The molecule has 0 aliphatic heterocycles. The van der Waals surface area contributed by atoms with Crippen LogP contribution in [0.3, 0.4) is 0 Å². The van der Waals surface area contributed by atoms with Crippen molar-refractivity contribution in [1.82, 2.24) is 15.3 Å². The summed E-state index contributed by atoms with van der Waals surface area (Å²) in [5, 5.41) is 5.08. The minimum Gasteiger partial charge on any atom is -0.494 e. The molecule has 0 saturated heterocycles. The van der Waals surface area contributed by atoms with E-state index in [4.69, 9.17) is 9.72 Å². The zero-order valence-corrected chi connectivity index (χ0v) is 13.5. The molecule has 0 amide bonds. The Morgan fingerprint density at radius 1 is 1.38 bits per heavy atom. The van der Waals surface area contributed by atoms with E-state index < -0.39 is 0 Å². The molecule has 1 aromatic heterocycles. The number of imidazole rings is 1. The lowest BCUT2D eigenvalue weighted by Gasteiger charge is -2.29. The summed E-state index contributed by atoms with van der Waals surface area (Å²) in [4.78, 5) is 8.13. The lowest BCUT2D eigenvalue weighted by atomic mass is 9.95. The Hall–Kier alpha value is -1.20. The van der Waals surface area contributed by atoms with Gasteiger partial charge in [0.2, 0.25) is 0 Å². The molecule has 1 aliphatic carbocycles. The van der Waals surface area contributed by atoms with Gasteiger partial charge in [0.25, 0.3) is 0 Å². The first-order valence-corrected chi connectivity index (χ1v) is 8.64. The number of aromatic amines is 1. The Bertz CT molecular complexity index is 598. The molecule has 0 spiro atoms. The summed E-state index contributed by atoms with van der Waals surface area (Å²) in [5.74, 6) is 0.899. The second-order valence-electron chi connectivity index (χ2n) is 5.49. The highest BCUT2D eigenvalue weighted by Crippen LogP contribution is 2.33. The summed E-state index contributed by atoms with van der Waals surface area (Å²) in [7, 11) is 2.07. The molecule has 1 saturated carbocycles. The van der Waals surface area contributed by atoms with E-state index in [1.165, 1.54) is 25.7 Å². The molecule has 2 unspecified atom stereocenters. The number of rotatable bonds is 5. The van der Waals surface area contributed by atoms with Gasteiger partial charge in [-0.2, -0.15) is 0 Å². The zero-order valence-electron chi connectivity index (χ0n) is 12.7. The van der Waals surface area contributed by atoms with Gasteiger partial charge in [0.1, 0.15) is 5.75 Å². The van der Waals surface area contributed by atoms with Gasteiger partial charge in [0, 0.05) is 17.4 Å². The SMILES string of the molecule is CCOc1ccc2nc(SC3CCCCC3NC)[nH]c2c1. The van der Waals surface area contributed by atoms with Crippen LogP contribution >= 0.6 is 11.8 Å². The van der Waals surface area contributed by atoms with Crippen LogP contribution in [0.25, 0.3) is 11.0 Å². The van der Waals surface area contributed by atoms with Crippen LogP contribution in [0.2, 0.25) is 0 Å². The van der Waals surface area contributed by atoms with Gasteiger partial charge in [0.05, 0.1) is 17.6 Å². The number of nitrogens with one attached hydrogen (secondary N) is 2. The largest absolute Gasteiger partial charge is 0.494 e. The molecule has 0 radical (unpaired) electrons. The number of thioether (sulfide) groups is 1. The molecule has 5 heteroatoms. The van der Waals surface area contributed by atoms with Crippen LogP contribution in [0, 0.1) is 0 Å². The average Bonchev–Trinajstić information content (AvgIpc) is 2.89. The molecule has 21 heavy (non-hydrogen) atoms. The van der Waals surface area contributed by atoms with E-state index in [1.807, 2.05) is 36.9 Å². The van der Waals surface area contributed by atoms with Crippen LogP contribution in [0.5, 0.6) is 5.75 Å². The molecule has 2 atom stereocenters. The Labute approximate surface area is 130 Å². The van der Waals surface area contributed by atoms with Gasteiger partial charge in [-0.15, -0.1) is 0 Å². The van der Waals surface area contributed by atoms with Crippen molar-refractivity contribution in [2.45, 2.75) is 49.1 Å². The maximum absolute atomic E-state index is 5.54. The Morgan fingerprint density at radius 2 is 2.24 bits per heavy atom. The molecule has 1 heterocycles. The summed E-state index contributed by atoms with van der Waals surface area (Å²) >= 11 is 1.87. The Morgan fingerprint density at radius 3 is 3.05 bits per heavy atom. The summed E-state index contributed by atoms with van der Waals surface area (Å²) in [6, 6.07) is 6.64. The predicted octanol–water partition coefficient (Wildman–Crippen LogP) is 3.58. The maximum Gasteiger partial charge on any atom is 0.166 e. The highest BCUT2D eigenvalue weighted by molar-refractivity contribution is 7.99. The summed E-state index contributed by atoms with van der Waals surface area (Å²) in [5.41, 5.74) is 2.07. The molecule has 2 N–H and O–H groups in total. The second-order valence-corrected chi connectivity index (χ2v) is 6.72. The molecule has 0 bridgehead atoms. The molecule has 2 aromatic rings. The number of ether oxygens (including phenoxy) is 1. The van der Waals surface area contributed by atoms with Crippen molar-refractivity contribution in [2.24, 2.45) is 0 Å². The van der Waals surface area contributed by atoms with Gasteiger partial charge >= 0.3 is 0 Å². The fraction of sp³-hybridized carbons (Fsp3) is 0.562. The smallest absolute Gasteiger partial charge is 0.166 e. The molecule has 3 rings (SSSR count). The summed E-state index contributed by atoms with van der Waals surface area (Å²) < 4.78 is 5.54. The van der Waals surface area contributed by atoms with E-state index >= 15 is 0 Å². The normalized spacial score (nSPS) is 22.6. The quantitative estimate of drug-likeness (QED) is 0.886. The monoisotopic (exact) mass is 305 g/mol. The molecule has 4 nitrogen and oxygen atoms in total. The third-order valence-electron chi connectivity index (χ3n) is 4.08. The van der Waals surface area contributed by atoms with Crippen molar-refractivity contribution < 1.29 is 4.74 Å². The van der Waals surface area contributed by atoms with Gasteiger partial charge in [-0.25, -0.2) is 4.98 Å². The first-order chi connectivity index (χ1) is 10.3. The molecule has 1 aromatic carbocycles. The molecular weight excluding hydrogens is 282 g/mol. The number of hydrogen-bond donors (Lipinski definition) is 2. The van der Waals surface area contributed by atoms with E-state index in [1.54, 1.807) is 0 Å². The topological polar surface area (TPSA) is 49.9 Å². The summed E-state index contributed by atoms with van der Waals surface area (Å²) in [6.45, 7) is 2.69. The first-order valence-electron chi connectivity index (χ1n) is 7.76. The third kappa shape index (κ3) is 3.35. The molecule has 1 fully saturated rings.